The van der Waals surface area contributed by atoms with Gasteiger partial charge in [0.2, 0.25) is 0 Å². The van der Waals surface area contributed by atoms with Gasteiger partial charge in [0.15, 0.2) is 0 Å². The third-order valence-corrected chi connectivity index (χ3v) is 2.73. The summed E-state index contributed by atoms with van der Waals surface area (Å²) in [4.78, 5) is 0. The summed E-state index contributed by atoms with van der Waals surface area (Å²) in [5, 5.41) is 8.97. The highest BCUT2D eigenvalue weighted by Crippen LogP contribution is 2.25. The van der Waals surface area contributed by atoms with Gasteiger partial charge in [0, 0.05) is 6.61 Å². The second-order valence-corrected chi connectivity index (χ2v) is 5.09. The van der Waals surface area contributed by atoms with E-state index in [0.717, 1.165) is 22.4 Å². The fourth-order valence-electron chi connectivity index (χ4n) is 1.29. The first-order valence-electron chi connectivity index (χ1n) is 5.73. The van der Waals surface area contributed by atoms with Crippen LogP contribution in [0, 0.1) is 5.92 Å². The molecule has 0 unspecified atom stereocenters. The summed E-state index contributed by atoms with van der Waals surface area (Å²) in [5.41, 5.74) is 0.861. The summed E-state index contributed by atoms with van der Waals surface area (Å²) in [6.07, 6.45) is 0. The Bertz CT molecular complexity index is 339. The Hall–Kier alpha value is -0.580. The van der Waals surface area contributed by atoms with Crippen LogP contribution in [0.1, 0.15) is 19.4 Å². The number of aliphatic hydroxyl groups excluding tert-OH is 1. The largest absolute Gasteiger partial charge is 0.490 e. The van der Waals surface area contributed by atoms with Gasteiger partial charge in [0.05, 0.1) is 17.7 Å². The summed E-state index contributed by atoms with van der Waals surface area (Å²) in [5.74, 6) is 1.32. The molecule has 0 saturated heterocycles. The van der Waals surface area contributed by atoms with Crippen molar-refractivity contribution in [1.82, 2.24) is 0 Å². The fraction of sp³-hybridized carbons (Fsp3) is 0.538. The molecule has 3 nitrogen and oxygen atoms in total. The molecule has 0 aliphatic heterocycles. The van der Waals surface area contributed by atoms with Crippen LogP contribution in [0.25, 0.3) is 0 Å². The molecule has 0 bridgehead atoms. The average molecular weight is 303 g/mol. The van der Waals surface area contributed by atoms with Gasteiger partial charge in [-0.1, -0.05) is 19.9 Å². The lowest BCUT2D eigenvalue weighted by atomic mass is 10.2. The van der Waals surface area contributed by atoms with Crippen molar-refractivity contribution < 1.29 is 14.6 Å². The van der Waals surface area contributed by atoms with Crippen LogP contribution >= 0.6 is 15.9 Å². The molecule has 4 heteroatoms. The van der Waals surface area contributed by atoms with Gasteiger partial charge < -0.3 is 14.6 Å². The van der Waals surface area contributed by atoms with Gasteiger partial charge in [-0.3, -0.25) is 0 Å². The zero-order valence-electron chi connectivity index (χ0n) is 10.3. The van der Waals surface area contributed by atoms with Crippen LogP contribution in [0.2, 0.25) is 0 Å². The summed E-state index contributed by atoms with van der Waals surface area (Å²) >= 11 is 3.40. The van der Waals surface area contributed by atoms with Crippen LogP contribution in [0.5, 0.6) is 5.75 Å². The average Bonchev–Trinajstić information content (AvgIpc) is 2.30. The van der Waals surface area contributed by atoms with Crippen LogP contribution in [-0.2, 0) is 11.3 Å². The lowest BCUT2D eigenvalue weighted by Crippen LogP contribution is -2.10. The third-order valence-electron chi connectivity index (χ3n) is 2.12. The zero-order valence-corrected chi connectivity index (χ0v) is 11.9. The van der Waals surface area contributed by atoms with E-state index in [1.807, 2.05) is 18.2 Å². The van der Waals surface area contributed by atoms with Crippen molar-refractivity contribution in [3.8, 4) is 5.75 Å². The first-order chi connectivity index (χ1) is 8.13. The zero-order chi connectivity index (χ0) is 12.7. The molecule has 0 radical (unpaired) electrons. The van der Waals surface area contributed by atoms with E-state index in [2.05, 4.69) is 29.8 Å². The van der Waals surface area contributed by atoms with Crippen molar-refractivity contribution in [2.75, 3.05) is 19.8 Å². The standard InChI is InChI=1S/C13H19BrO3/c1-10(2)9-16-5-6-17-13-4-3-11(8-15)7-12(13)14/h3-4,7,10,15H,5-6,8-9H2,1-2H3. The van der Waals surface area contributed by atoms with E-state index in [0.29, 0.717) is 19.1 Å². The first-order valence-corrected chi connectivity index (χ1v) is 6.52. The van der Waals surface area contributed by atoms with E-state index >= 15 is 0 Å². The highest BCUT2D eigenvalue weighted by Gasteiger charge is 2.02. The molecule has 0 aliphatic carbocycles. The van der Waals surface area contributed by atoms with Crippen LogP contribution in [-0.4, -0.2) is 24.9 Å². The van der Waals surface area contributed by atoms with E-state index in [-0.39, 0.29) is 6.61 Å². The Morgan fingerprint density at radius 3 is 2.65 bits per heavy atom. The second kappa shape index (κ2) is 7.69. The highest BCUT2D eigenvalue weighted by molar-refractivity contribution is 9.10. The summed E-state index contributed by atoms with van der Waals surface area (Å²) in [6.45, 7) is 6.15. The lowest BCUT2D eigenvalue weighted by Gasteiger charge is -2.10. The predicted molar refractivity (Wildman–Crippen MR) is 71.2 cm³/mol. The molecule has 1 rings (SSSR count). The van der Waals surface area contributed by atoms with Crippen LogP contribution in [0.15, 0.2) is 22.7 Å². The summed E-state index contributed by atoms with van der Waals surface area (Å²) in [6, 6.07) is 5.54. The van der Waals surface area contributed by atoms with E-state index in [4.69, 9.17) is 14.6 Å². The minimum Gasteiger partial charge on any atom is -0.490 e. The number of hydrogen-bond acceptors (Lipinski definition) is 3. The predicted octanol–water partition coefficient (Wildman–Crippen LogP) is 2.99. The van der Waals surface area contributed by atoms with E-state index in [9.17, 15) is 0 Å². The lowest BCUT2D eigenvalue weighted by molar-refractivity contribution is 0.0817. The van der Waals surface area contributed by atoms with Crippen molar-refractivity contribution in [2.45, 2.75) is 20.5 Å². The quantitative estimate of drug-likeness (QED) is 0.787. The summed E-state index contributed by atoms with van der Waals surface area (Å²) < 4.78 is 11.8. The number of halogens is 1. The second-order valence-electron chi connectivity index (χ2n) is 4.24. The van der Waals surface area contributed by atoms with Gasteiger partial charge in [-0.25, -0.2) is 0 Å². The molecule has 0 aliphatic rings. The minimum atomic E-state index is 0.0381. The Morgan fingerprint density at radius 1 is 1.29 bits per heavy atom. The van der Waals surface area contributed by atoms with Crippen molar-refractivity contribution in [1.29, 1.82) is 0 Å². The van der Waals surface area contributed by atoms with E-state index in [1.54, 1.807) is 0 Å². The molecule has 96 valence electrons. The first kappa shape index (κ1) is 14.5. The van der Waals surface area contributed by atoms with Gasteiger partial charge in [-0.2, -0.15) is 0 Å². The van der Waals surface area contributed by atoms with E-state index < -0.39 is 0 Å². The number of ether oxygens (including phenoxy) is 2. The molecule has 1 aromatic rings. The smallest absolute Gasteiger partial charge is 0.133 e. The van der Waals surface area contributed by atoms with Crippen molar-refractivity contribution in [3.05, 3.63) is 28.2 Å². The maximum atomic E-state index is 8.97. The molecule has 0 heterocycles. The summed E-state index contributed by atoms with van der Waals surface area (Å²) in [7, 11) is 0. The van der Waals surface area contributed by atoms with Crippen molar-refractivity contribution in [3.63, 3.8) is 0 Å². The number of aliphatic hydroxyl groups is 1. The monoisotopic (exact) mass is 302 g/mol. The maximum Gasteiger partial charge on any atom is 0.133 e. The van der Waals surface area contributed by atoms with Crippen LogP contribution in [0.4, 0.5) is 0 Å². The van der Waals surface area contributed by atoms with Gasteiger partial charge in [0.1, 0.15) is 12.4 Å². The number of hydrogen-bond donors (Lipinski definition) is 1. The van der Waals surface area contributed by atoms with Gasteiger partial charge in [-0.05, 0) is 39.5 Å². The van der Waals surface area contributed by atoms with Gasteiger partial charge >= 0.3 is 0 Å². The Balaban J connectivity index is 2.32. The van der Waals surface area contributed by atoms with Crippen molar-refractivity contribution >= 4 is 15.9 Å². The van der Waals surface area contributed by atoms with Crippen molar-refractivity contribution in [2.24, 2.45) is 5.92 Å². The molecule has 0 saturated carbocycles. The molecule has 1 aromatic carbocycles. The Labute approximate surface area is 111 Å². The van der Waals surface area contributed by atoms with Crippen LogP contribution in [0.3, 0.4) is 0 Å². The SMILES string of the molecule is CC(C)COCCOc1ccc(CO)cc1Br. The minimum absolute atomic E-state index is 0.0381. The molecule has 17 heavy (non-hydrogen) atoms. The molecule has 0 spiro atoms. The molecule has 0 aromatic heterocycles. The number of rotatable bonds is 7. The molecular weight excluding hydrogens is 284 g/mol. The van der Waals surface area contributed by atoms with E-state index in [1.165, 1.54) is 0 Å². The Kier molecular flexibility index (Phi) is 6.55. The third kappa shape index (κ3) is 5.52. The topological polar surface area (TPSA) is 38.7 Å². The molecular formula is C13H19BrO3. The fourth-order valence-corrected chi connectivity index (χ4v) is 1.83. The highest BCUT2D eigenvalue weighted by atomic mass is 79.9. The maximum absolute atomic E-state index is 8.97. The molecule has 0 atom stereocenters. The normalized spacial score (nSPS) is 10.9. The number of benzene rings is 1. The Morgan fingerprint density at radius 2 is 2.06 bits per heavy atom. The molecule has 1 N–H and O–H groups in total. The molecule has 0 fully saturated rings. The van der Waals surface area contributed by atoms with Crippen LogP contribution < -0.4 is 4.74 Å². The van der Waals surface area contributed by atoms with Gasteiger partial charge in [-0.15, -0.1) is 0 Å². The molecule has 0 amide bonds. The van der Waals surface area contributed by atoms with Gasteiger partial charge in [0.25, 0.3) is 0 Å².